The number of methoxy groups -OCH3 is 1. The van der Waals surface area contributed by atoms with Crippen molar-refractivity contribution >= 4 is 11.6 Å². The standard InChI is InChI=1S/C12H15ClFNO/c1-7-6-8(13)10(14)9(11(7)16-2)12(15)4-3-5-12/h6H,3-5,15H2,1-2H3. The van der Waals surface area contributed by atoms with E-state index in [1.54, 1.807) is 6.07 Å². The third-order valence-corrected chi connectivity index (χ3v) is 3.58. The van der Waals surface area contributed by atoms with Crippen LogP contribution < -0.4 is 10.5 Å². The van der Waals surface area contributed by atoms with Crippen LogP contribution in [-0.2, 0) is 5.54 Å². The first-order valence-corrected chi connectivity index (χ1v) is 5.69. The Bertz CT molecular complexity index is 430. The van der Waals surface area contributed by atoms with Crippen LogP contribution in [0, 0.1) is 12.7 Å². The summed E-state index contributed by atoms with van der Waals surface area (Å²) in [4.78, 5) is 0. The van der Waals surface area contributed by atoms with Crippen LogP contribution in [0.15, 0.2) is 6.07 Å². The Kier molecular flexibility index (Phi) is 2.84. The second-order valence-electron chi connectivity index (χ2n) is 4.41. The van der Waals surface area contributed by atoms with Crippen LogP contribution >= 0.6 is 11.6 Å². The lowest BCUT2D eigenvalue weighted by molar-refractivity contribution is 0.234. The lowest BCUT2D eigenvalue weighted by Crippen LogP contribution is -2.44. The summed E-state index contributed by atoms with van der Waals surface area (Å²) in [6.07, 6.45) is 2.57. The van der Waals surface area contributed by atoms with E-state index >= 15 is 0 Å². The maximum absolute atomic E-state index is 14.1. The molecule has 4 heteroatoms. The monoisotopic (exact) mass is 243 g/mol. The summed E-state index contributed by atoms with van der Waals surface area (Å²) in [6, 6.07) is 1.57. The average molecular weight is 244 g/mol. The molecule has 0 heterocycles. The Hall–Kier alpha value is -0.800. The van der Waals surface area contributed by atoms with Crippen LogP contribution in [0.5, 0.6) is 5.75 Å². The number of hydrogen-bond acceptors (Lipinski definition) is 2. The molecule has 0 spiro atoms. The van der Waals surface area contributed by atoms with Crippen molar-refractivity contribution in [2.45, 2.75) is 31.7 Å². The molecular formula is C12H15ClFNO. The van der Waals surface area contributed by atoms with Gasteiger partial charge in [0.25, 0.3) is 0 Å². The van der Waals surface area contributed by atoms with Gasteiger partial charge in [-0.1, -0.05) is 11.6 Å². The highest BCUT2D eigenvalue weighted by Crippen LogP contribution is 2.46. The molecule has 1 aromatic rings. The smallest absolute Gasteiger partial charge is 0.150 e. The van der Waals surface area contributed by atoms with Gasteiger partial charge >= 0.3 is 0 Å². The Labute approximate surface area is 99.5 Å². The molecule has 1 aromatic carbocycles. The first-order chi connectivity index (χ1) is 7.49. The molecule has 0 saturated heterocycles. The van der Waals surface area contributed by atoms with Gasteiger partial charge in [0, 0.05) is 5.54 Å². The van der Waals surface area contributed by atoms with Gasteiger partial charge in [-0.15, -0.1) is 0 Å². The van der Waals surface area contributed by atoms with E-state index in [0.717, 1.165) is 24.8 Å². The minimum Gasteiger partial charge on any atom is -0.496 e. The summed E-state index contributed by atoms with van der Waals surface area (Å²) in [6.45, 7) is 1.84. The van der Waals surface area contributed by atoms with Crippen molar-refractivity contribution in [1.29, 1.82) is 0 Å². The van der Waals surface area contributed by atoms with Crippen LogP contribution in [0.3, 0.4) is 0 Å². The van der Waals surface area contributed by atoms with E-state index < -0.39 is 11.4 Å². The summed E-state index contributed by atoms with van der Waals surface area (Å²) in [5.41, 5.74) is 6.81. The molecule has 16 heavy (non-hydrogen) atoms. The van der Waals surface area contributed by atoms with Crippen molar-refractivity contribution in [2.24, 2.45) is 5.73 Å². The van der Waals surface area contributed by atoms with E-state index in [2.05, 4.69) is 0 Å². The zero-order valence-electron chi connectivity index (χ0n) is 9.44. The third kappa shape index (κ3) is 1.59. The highest BCUT2D eigenvalue weighted by atomic mass is 35.5. The summed E-state index contributed by atoms with van der Waals surface area (Å²) >= 11 is 5.85. The van der Waals surface area contributed by atoms with E-state index in [0.29, 0.717) is 11.3 Å². The summed E-state index contributed by atoms with van der Waals surface area (Å²) in [7, 11) is 1.53. The third-order valence-electron chi connectivity index (χ3n) is 3.31. The molecule has 0 aliphatic heterocycles. The fourth-order valence-corrected chi connectivity index (χ4v) is 2.51. The lowest BCUT2D eigenvalue weighted by atomic mass is 9.72. The molecule has 0 bridgehead atoms. The summed E-state index contributed by atoms with van der Waals surface area (Å²) in [5, 5.41) is 0.116. The van der Waals surface area contributed by atoms with Gasteiger partial charge in [-0.3, -0.25) is 0 Å². The van der Waals surface area contributed by atoms with E-state index in [1.165, 1.54) is 7.11 Å². The molecule has 1 fully saturated rings. The van der Waals surface area contributed by atoms with Crippen LogP contribution in [0.4, 0.5) is 4.39 Å². The van der Waals surface area contributed by atoms with Crippen LogP contribution in [-0.4, -0.2) is 7.11 Å². The Morgan fingerprint density at radius 1 is 1.50 bits per heavy atom. The number of nitrogens with two attached hydrogens (primary N) is 1. The molecule has 2 N–H and O–H groups in total. The SMILES string of the molecule is COc1c(C)cc(Cl)c(F)c1C1(N)CCC1. The molecule has 88 valence electrons. The Morgan fingerprint density at radius 2 is 2.12 bits per heavy atom. The number of ether oxygens (including phenoxy) is 1. The molecule has 0 unspecified atom stereocenters. The zero-order valence-corrected chi connectivity index (χ0v) is 10.2. The van der Waals surface area contributed by atoms with Gasteiger partial charge in [0.15, 0.2) is 5.82 Å². The predicted molar refractivity (Wildman–Crippen MR) is 62.4 cm³/mol. The highest BCUT2D eigenvalue weighted by Gasteiger charge is 2.40. The molecule has 0 aromatic heterocycles. The van der Waals surface area contributed by atoms with E-state index in [1.807, 2.05) is 6.92 Å². The predicted octanol–water partition coefficient (Wildman–Crippen LogP) is 3.13. The number of aryl methyl sites for hydroxylation is 1. The van der Waals surface area contributed by atoms with E-state index in [4.69, 9.17) is 22.1 Å². The molecule has 0 atom stereocenters. The second kappa shape index (κ2) is 3.90. The van der Waals surface area contributed by atoms with Crippen LogP contribution in [0.25, 0.3) is 0 Å². The first kappa shape index (κ1) is 11.7. The van der Waals surface area contributed by atoms with Crippen molar-refractivity contribution in [3.05, 3.63) is 28.0 Å². The van der Waals surface area contributed by atoms with Crippen molar-refractivity contribution in [2.75, 3.05) is 7.11 Å². The minimum absolute atomic E-state index is 0.116. The van der Waals surface area contributed by atoms with Crippen molar-refractivity contribution in [3.63, 3.8) is 0 Å². The fourth-order valence-electron chi connectivity index (χ4n) is 2.25. The second-order valence-corrected chi connectivity index (χ2v) is 4.81. The number of hydrogen-bond donors (Lipinski definition) is 1. The first-order valence-electron chi connectivity index (χ1n) is 5.31. The number of benzene rings is 1. The van der Waals surface area contributed by atoms with Gasteiger partial charge in [-0.2, -0.15) is 0 Å². The normalized spacial score (nSPS) is 18.1. The average Bonchev–Trinajstić information content (AvgIpc) is 2.19. The Balaban J connectivity index is 2.65. The van der Waals surface area contributed by atoms with Gasteiger partial charge < -0.3 is 10.5 Å². The molecule has 1 aliphatic rings. The molecule has 1 saturated carbocycles. The summed E-state index contributed by atoms with van der Waals surface area (Å²) in [5.74, 6) is 0.0930. The van der Waals surface area contributed by atoms with Gasteiger partial charge in [0.2, 0.25) is 0 Å². The van der Waals surface area contributed by atoms with Gasteiger partial charge in [-0.05, 0) is 37.8 Å². The lowest BCUT2D eigenvalue weighted by Gasteiger charge is -2.39. The molecular weight excluding hydrogens is 229 g/mol. The maximum Gasteiger partial charge on any atom is 0.150 e. The maximum atomic E-state index is 14.1. The molecule has 1 aliphatic carbocycles. The van der Waals surface area contributed by atoms with E-state index in [-0.39, 0.29) is 5.02 Å². The quantitative estimate of drug-likeness (QED) is 0.866. The van der Waals surface area contributed by atoms with Crippen LogP contribution in [0.1, 0.15) is 30.4 Å². The largest absolute Gasteiger partial charge is 0.496 e. The molecule has 0 radical (unpaired) electrons. The topological polar surface area (TPSA) is 35.2 Å². The van der Waals surface area contributed by atoms with Crippen molar-refractivity contribution < 1.29 is 9.13 Å². The van der Waals surface area contributed by atoms with Crippen molar-refractivity contribution in [1.82, 2.24) is 0 Å². The zero-order chi connectivity index (χ0) is 11.9. The molecule has 2 rings (SSSR count). The Morgan fingerprint density at radius 3 is 2.56 bits per heavy atom. The fraction of sp³-hybridized carbons (Fsp3) is 0.500. The molecule has 2 nitrogen and oxygen atoms in total. The van der Waals surface area contributed by atoms with E-state index in [9.17, 15) is 4.39 Å². The van der Waals surface area contributed by atoms with Crippen LogP contribution in [0.2, 0.25) is 5.02 Å². The molecule has 0 amide bonds. The van der Waals surface area contributed by atoms with Crippen molar-refractivity contribution in [3.8, 4) is 5.75 Å². The summed E-state index contributed by atoms with van der Waals surface area (Å²) < 4.78 is 19.3. The number of rotatable bonds is 2. The van der Waals surface area contributed by atoms with Gasteiger partial charge in [-0.25, -0.2) is 4.39 Å². The minimum atomic E-state index is -0.606. The number of halogens is 2. The highest BCUT2D eigenvalue weighted by molar-refractivity contribution is 6.31. The van der Waals surface area contributed by atoms with Gasteiger partial charge in [0.05, 0.1) is 17.7 Å². The van der Waals surface area contributed by atoms with Gasteiger partial charge in [0.1, 0.15) is 5.75 Å².